The Morgan fingerprint density at radius 3 is 2.66 bits per heavy atom. The molecule has 6 nitrogen and oxygen atoms in total. The van der Waals surface area contributed by atoms with Gasteiger partial charge in [0.25, 0.3) is 0 Å². The highest BCUT2D eigenvalue weighted by Crippen LogP contribution is 2.64. The number of rotatable bonds is 5. The second-order valence-electron chi connectivity index (χ2n) is 9.17. The molecular formula is C26H29N3O3. The highest BCUT2D eigenvalue weighted by atomic mass is 16.5. The van der Waals surface area contributed by atoms with Gasteiger partial charge in [0.1, 0.15) is 17.2 Å². The number of anilines is 1. The first-order valence-electron chi connectivity index (χ1n) is 11.5. The fraction of sp³-hybridized carbons (Fsp3) is 0.423. The molecule has 3 aliphatic rings. The van der Waals surface area contributed by atoms with Crippen molar-refractivity contribution in [1.82, 2.24) is 9.88 Å². The van der Waals surface area contributed by atoms with Crippen molar-refractivity contribution in [1.29, 1.82) is 0 Å². The van der Waals surface area contributed by atoms with Crippen molar-refractivity contribution < 1.29 is 14.3 Å². The number of aromatic nitrogens is 1. The number of hydrogen-bond donors (Lipinski definition) is 1. The number of carbonyl (C=O) groups is 1. The van der Waals surface area contributed by atoms with Crippen molar-refractivity contribution in [2.24, 2.45) is 0 Å². The molecule has 1 spiro atoms. The summed E-state index contributed by atoms with van der Waals surface area (Å²) in [5.74, 6) is 2.29. The van der Waals surface area contributed by atoms with Crippen molar-refractivity contribution in [3.63, 3.8) is 0 Å². The summed E-state index contributed by atoms with van der Waals surface area (Å²) < 4.78 is 13.8. The van der Waals surface area contributed by atoms with Gasteiger partial charge in [-0.3, -0.25) is 4.79 Å². The number of ether oxygens (including phenoxy) is 2. The highest BCUT2D eigenvalue weighted by Gasteiger charge is 2.61. The van der Waals surface area contributed by atoms with Crippen LogP contribution in [0.2, 0.25) is 0 Å². The number of amides is 1. The Morgan fingerprint density at radius 1 is 1.16 bits per heavy atom. The maximum Gasteiger partial charge on any atom is 0.216 e. The fourth-order valence-corrected chi connectivity index (χ4v) is 6.45. The van der Waals surface area contributed by atoms with Crippen LogP contribution in [-0.4, -0.2) is 37.8 Å². The maximum atomic E-state index is 11.5. The summed E-state index contributed by atoms with van der Waals surface area (Å²) in [6.45, 7) is 3.24. The van der Waals surface area contributed by atoms with E-state index in [1.165, 1.54) is 39.8 Å². The zero-order valence-electron chi connectivity index (χ0n) is 18.9. The highest BCUT2D eigenvalue weighted by molar-refractivity contribution is 5.89. The predicted octanol–water partition coefficient (Wildman–Crippen LogP) is 3.94. The first-order chi connectivity index (χ1) is 15.6. The third-order valence-electron chi connectivity index (χ3n) is 7.82. The predicted molar refractivity (Wildman–Crippen MR) is 125 cm³/mol. The molecule has 2 aromatic carbocycles. The molecule has 1 aromatic heterocycles. The molecular weight excluding hydrogens is 402 g/mol. The summed E-state index contributed by atoms with van der Waals surface area (Å²) in [5, 5.41) is 4.24. The first-order valence-corrected chi connectivity index (χ1v) is 11.5. The molecule has 1 N–H and O–H groups in total. The second-order valence-corrected chi connectivity index (χ2v) is 9.17. The van der Waals surface area contributed by atoms with Crippen LogP contribution < -0.4 is 19.7 Å². The molecule has 0 saturated heterocycles. The van der Waals surface area contributed by atoms with Gasteiger partial charge in [0.05, 0.1) is 19.7 Å². The van der Waals surface area contributed by atoms with E-state index in [-0.39, 0.29) is 11.6 Å². The Hall–Kier alpha value is -3.15. The minimum Gasteiger partial charge on any atom is -0.497 e. The van der Waals surface area contributed by atoms with Crippen molar-refractivity contribution in [3.05, 3.63) is 53.2 Å². The average Bonchev–Trinajstić information content (AvgIpc) is 3.19. The van der Waals surface area contributed by atoms with Crippen LogP contribution in [-0.2, 0) is 23.3 Å². The molecule has 1 saturated carbocycles. The normalized spacial score (nSPS) is 22.5. The lowest BCUT2D eigenvalue weighted by Gasteiger charge is -2.55. The summed E-state index contributed by atoms with van der Waals surface area (Å²) in [5.41, 5.74) is 6.77. The van der Waals surface area contributed by atoms with Crippen molar-refractivity contribution >= 4 is 22.5 Å². The molecule has 3 heterocycles. The minimum absolute atomic E-state index is 0.0176. The Labute approximate surface area is 188 Å². The lowest BCUT2D eigenvalue weighted by molar-refractivity contribution is -0.118. The lowest BCUT2D eigenvalue weighted by atomic mass is 9.70. The molecule has 2 aliphatic heterocycles. The first kappa shape index (κ1) is 19.5. The fourth-order valence-electron chi connectivity index (χ4n) is 6.45. The summed E-state index contributed by atoms with van der Waals surface area (Å²) in [7, 11) is 3.46. The third-order valence-corrected chi connectivity index (χ3v) is 7.82. The topological polar surface area (TPSA) is 55.7 Å². The Bertz CT molecular complexity index is 1250. The van der Waals surface area contributed by atoms with Crippen LogP contribution in [0.5, 0.6) is 11.5 Å². The minimum atomic E-state index is -0.0403. The summed E-state index contributed by atoms with van der Waals surface area (Å²) in [6.07, 6.45) is 4.15. The molecule has 0 radical (unpaired) electrons. The summed E-state index contributed by atoms with van der Waals surface area (Å²) in [6, 6.07) is 13.0. The van der Waals surface area contributed by atoms with Gasteiger partial charge in [0.2, 0.25) is 5.91 Å². The molecule has 1 fully saturated rings. The van der Waals surface area contributed by atoms with E-state index in [1.807, 2.05) is 0 Å². The number of methoxy groups -OCH3 is 2. The van der Waals surface area contributed by atoms with E-state index in [0.717, 1.165) is 37.3 Å². The van der Waals surface area contributed by atoms with Crippen molar-refractivity contribution in [2.45, 2.75) is 44.2 Å². The van der Waals surface area contributed by atoms with E-state index in [9.17, 15) is 4.79 Å². The van der Waals surface area contributed by atoms with Crippen LogP contribution in [0.1, 0.15) is 42.5 Å². The lowest BCUT2D eigenvalue weighted by Crippen LogP contribution is -2.60. The van der Waals surface area contributed by atoms with E-state index >= 15 is 0 Å². The zero-order chi connectivity index (χ0) is 22.0. The molecule has 2 unspecified atom stereocenters. The maximum absolute atomic E-state index is 11.5. The number of benzene rings is 2. The van der Waals surface area contributed by atoms with Gasteiger partial charge in [0, 0.05) is 49.1 Å². The van der Waals surface area contributed by atoms with E-state index in [1.54, 1.807) is 21.1 Å². The quantitative estimate of drug-likeness (QED) is 0.665. The third kappa shape index (κ3) is 2.43. The molecule has 6 rings (SSSR count). The molecule has 166 valence electrons. The Kier molecular flexibility index (Phi) is 4.23. The van der Waals surface area contributed by atoms with Gasteiger partial charge in [-0.2, -0.15) is 0 Å². The average molecular weight is 432 g/mol. The van der Waals surface area contributed by atoms with Gasteiger partial charge in [-0.15, -0.1) is 0 Å². The van der Waals surface area contributed by atoms with Crippen LogP contribution in [0.25, 0.3) is 10.9 Å². The standard InChI is InChI=1S/C26H29N3O3/c1-16(30)27-12-9-19-20-14-17(31-2)5-7-24(20)29-25(19)10-13-28-23-6-4-18(32-3)15-21(23)22-8-11-26(22,28)29/h4-7,14-15,22H,8-13H2,1-3H3,(H,27,30). The smallest absolute Gasteiger partial charge is 0.216 e. The van der Waals surface area contributed by atoms with Gasteiger partial charge in [-0.05, 0) is 66.8 Å². The molecule has 1 aliphatic carbocycles. The van der Waals surface area contributed by atoms with Crippen LogP contribution in [0.15, 0.2) is 36.4 Å². The number of carbonyl (C=O) groups excluding carboxylic acids is 1. The van der Waals surface area contributed by atoms with Crippen LogP contribution in [0, 0.1) is 0 Å². The van der Waals surface area contributed by atoms with Crippen molar-refractivity contribution in [3.8, 4) is 11.5 Å². The monoisotopic (exact) mass is 431 g/mol. The van der Waals surface area contributed by atoms with Gasteiger partial charge >= 0.3 is 0 Å². The Morgan fingerprint density at radius 2 is 1.94 bits per heavy atom. The molecule has 32 heavy (non-hydrogen) atoms. The molecule has 1 amide bonds. The van der Waals surface area contributed by atoms with Crippen molar-refractivity contribution in [2.75, 3.05) is 32.2 Å². The number of nitrogens with one attached hydrogen (secondary N) is 1. The van der Waals surface area contributed by atoms with Gasteiger partial charge in [0.15, 0.2) is 0 Å². The molecule has 6 heteroatoms. The van der Waals surface area contributed by atoms with E-state index in [4.69, 9.17) is 9.47 Å². The van der Waals surface area contributed by atoms with Gasteiger partial charge in [-0.25, -0.2) is 0 Å². The molecule has 0 bridgehead atoms. The van der Waals surface area contributed by atoms with E-state index in [2.05, 4.69) is 51.2 Å². The number of nitrogens with zero attached hydrogens (tertiary/aromatic N) is 2. The van der Waals surface area contributed by atoms with Crippen LogP contribution in [0.3, 0.4) is 0 Å². The Balaban J connectivity index is 1.54. The van der Waals surface area contributed by atoms with E-state index < -0.39 is 0 Å². The summed E-state index contributed by atoms with van der Waals surface area (Å²) in [4.78, 5) is 14.1. The van der Waals surface area contributed by atoms with Gasteiger partial charge < -0.3 is 24.3 Å². The molecule has 2 atom stereocenters. The largest absolute Gasteiger partial charge is 0.497 e. The number of hydrogen-bond acceptors (Lipinski definition) is 4. The SMILES string of the molecule is COc1ccc2c(c1)C1CCC13N2CCc1c(CCNC(C)=O)c2cc(OC)ccc2n13. The molecule has 3 aromatic rings. The number of fused-ring (bicyclic) bond motifs is 6. The van der Waals surface area contributed by atoms with E-state index in [0.29, 0.717) is 12.5 Å². The zero-order valence-corrected chi connectivity index (χ0v) is 18.9. The van der Waals surface area contributed by atoms with Crippen LogP contribution >= 0.6 is 0 Å². The van der Waals surface area contributed by atoms with Gasteiger partial charge in [-0.1, -0.05) is 0 Å². The summed E-state index contributed by atoms with van der Waals surface area (Å²) >= 11 is 0. The van der Waals surface area contributed by atoms with Crippen LogP contribution in [0.4, 0.5) is 5.69 Å². The second kappa shape index (κ2) is 6.92.